The Morgan fingerprint density at radius 2 is 1.18 bits per heavy atom. The summed E-state index contributed by atoms with van der Waals surface area (Å²) in [5.74, 6) is -0.0654. The van der Waals surface area contributed by atoms with E-state index in [-0.39, 0.29) is 67.6 Å². The summed E-state index contributed by atoms with van der Waals surface area (Å²) in [4.78, 5) is 47.1. The van der Waals surface area contributed by atoms with Gasteiger partial charge in [-0.1, -0.05) is 25.3 Å². The van der Waals surface area contributed by atoms with E-state index in [4.69, 9.17) is 19.3 Å². The average molecular weight is 633 g/mol. The standard InChI is InChI=1S/C17H18O4S.C15H14O4S.Li.H2O/c1-4-11-9-15-12(8-14(11)20-3)10-16(22-15)13(18)6-7-17(19)21-5-2;1-3-9-7-13-10(6-12(9)19-2)8-14(20-13)11(16)4-5-15(17)18;;/h4,8-10H,1,5-7H2,2-3H3;3,6-8H,1,4-5H2,2H3,(H,17,18);;1H2/q;;+1;/p-1. The third-order valence-electron chi connectivity index (χ3n) is 6.15. The van der Waals surface area contributed by atoms with Gasteiger partial charge in [-0.3, -0.25) is 19.2 Å². The summed E-state index contributed by atoms with van der Waals surface area (Å²) in [6.45, 7) is 9.57. The fraction of sp³-hybridized carbons (Fsp3) is 0.250. The van der Waals surface area contributed by atoms with E-state index in [0.29, 0.717) is 22.1 Å². The van der Waals surface area contributed by atoms with Crippen LogP contribution in [0.5, 0.6) is 11.5 Å². The number of aliphatic carboxylic acids is 1. The Kier molecular flexibility index (Phi) is 15.8. The fourth-order valence-electron chi connectivity index (χ4n) is 4.03. The van der Waals surface area contributed by atoms with Crippen LogP contribution in [0.25, 0.3) is 32.3 Å². The van der Waals surface area contributed by atoms with Crippen LogP contribution in [-0.2, 0) is 14.3 Å². The normalized spacial score (nSPS) is 9.98. The number of thiophene rings is 2. The second-order valence-electron chi connectivity index (χ2n) is 8.94. The first-order valence-electron chi connectivity index (χ1n) is 13.1. The molecule has 0 atom stereocenters. The smallest absolute Gasteiger partial charge is 0.870 e. The van der Waals surface area contributed by atoms with E-state index in [1.165, 1.54) is 22.7 Å². The molecule has 44 heavy (non-hydrogen) atoms. The number of ketones is 2. The summed E-state index contributed by atoms with van der Waals surface area (Å²) in [5.41, 5.74) is 1.76. The van der Waals surface area contributed by atoms with E-state index < -0.39 is 5.97 Å². The number of carbonyl (C=O) groups excluding carboxylic acids is 3. The molecule has 9 nitrogen and oxygen atoms in total. The predicted molar refractivity (Wildman–Crippen MR) is 170 cm³/mol. The van der Waals surface area contributed by atoms with Crippen LogP contribution in [0, 0.1) is 0 Å². The molecule has 0 radical (unpaired) electrons. The SMILES string of the molecule is C=Cc1cc2sc(C(=O)CCC(=O)O)cc2cc1OC.C=Cc1cc2sc(C(=O)CCC(=O)OCC)cc2cc1OC.[Li+].[OH-]. The van der Waals surface area contributed by atoms with Crippen molar-refractivity contribution in [1.82, 2.24) is 0 Å². The van der Waals surface area contributed by atoms with Crippen LogP contribution in [0.15, 0.2) is 49.6 Å². The minimum absolute atomic E-state index is 0. The molecule has 2 aromatic heterocycles. The molecule has 0 saturated heterocycles. The molecule has 0 unspecified atom stereocenters. The van der Waals surface area contributed by atoms with E-state index in [1.54, 1.807) is 39.4 Å². The van der Waals surface area contributed by atoms with Crippen molar-refractivity contribution in [3.05, 3.63) is 70.4 Å². The molecule has 4 rings (SSSR count). The number of carboxylic acid groups (broad SMARTS) is 1. The van der Waals surface area contributed by atoms with E-state index in [9.17, 15) is 19.2 Å². The zero-order chi connectivity index (χ0) is 30.8. The summed E-state index contributed by atoms with van der Waals surface area (Å²) >= 11 is 2.77. The van der Waals surface area contributed by atoms with Crippen molar-refractivity contribution in [2.45, 2.75) is 32.6 Å². The van der Waals surface area contributed by atoms with Gasteiger partial charge in [0.25, 0.3) is 0 Å². The number of methoxy groups -OCH3 is 2. The summed E-state index contributed by atoms with van der Waals surface area (Å²) in [6, 6.07) is 11.2. The van der Waals surface area contributed by atoms with Crippen molar-refractivity contribution < 1.29 is 62.8 Å². The minimum Gasteiger partial charge on any atom is -0.870 e. The summed E-state index contributed by atoms with van der Waals surface area (Å²) in [6.07, 6.45) is 3.57. The van der Waals surface area contributed by atoms with Gasteiger partial charge in [0.2, 0.25) is 0 Å². The molecular weight excluding hydrogens is 599 g/mol. The first kappa shape index (κ1) is 38.3. The number of fused-ring (bicyclic) bond motifs is 2. The topological polar surface area (TPSA) is 146 Å². The van der Waals surface area contributed by atoms with Gasteiger partial charge in [-0.05, 0) is 54.1 Å². The molecule has 2 N–H and O–H groups in total. The van der Waals surface area contributed by atoms with Gasteiger partial charge in [-0.2, -0.15) is 0 Å². The number of hydrogen-bond acceptors (Lipinski definition) is 10. The summed E-state index contributed by atoms with van der Waals surface area (Å²) < 4.78 is 17.4. The Morgan fingerprint density at radius 1 is 0.750 bits per heavy atom. The Balaban J connectivity index is 0.000000422. The molecule has 2 aromatic carbocycles. The summed E-state index contributed by atoms with van der Waals surface area (Å²) in [7, 11) is 3.19. The van der Waals surface area contributed by atoms with Gasteiger partial charge in [-0.15, -0.1) is 22.7 Å². The number of hydrogen-bond donors (Lipinski definition) is 1. The van der Waals surface area contributed by atoms with Gasteiger partial charge in [0.1, 0.15) is 11.5 Å². The molecule has 0 aliphatic rings. The molecule has 4 aromatic rings. The van der Waals surface area contributed by atoms with Crippen LogP contribution < -0.4 is 28.3 Å². The van der Waals surface area contributed by atoms with Crippen LogP contribution in [0.4, 0.5) is 0 Å². The van der Waals surface area contributed by atoms with Crippen LogP contribution in [0.1, 0.15) is 63.1 Å². The Hall–Kier alpha value is -3.72. The fourth-order valence-corrected chi connectivity index (χ4v) is 6.15. The number of benzene rings is 2. The molecule has 0 amide bonds. The molecule has 2 heterocycles. The van der Waals surface area contributed by atoms with E-state index >= 15 is 0 Å². The second kappa shape index (κ2) is 18.2. The molecule has 0 aliphatic carbocycles. The van der Waals surface area contributed by atoms with Crippen molar-refractivity contribution in [2.24, 2.45) is 0 Å². The van der Waals surface area contributed by atoms with Gasteiger partial charge in [-0.25, -0.2) is 0 Å². The molecule has 12 heteroatoms. The molecule has 0 aliphatic heterocycles. The van der Waals surface area contributed by atoms with Gasteiger partial charge in [0.05, 0.1) is 43.4 Å². The monoisotopic (exact) mass is 632 g/mol. The van der Waals surface area contributed by atoms with E-state index in [0.717, 1.165) is 37.0 Å². The van der Waals surface area contributed by atoms with Gasteiger partial charge in [0.15, 0.2) is 11.6 Å². The molecule has 0 saturated carbocycles. The zero-order valence-electron chi connectivity index (χ0n) is 25.1. The first-order valence-corrected chi connectivity index (χ1v) is 14.7. The quantitative estimate of drug-likeness (QED) is 0.128. The van der Waals surface area contributed by atoms with Crippen LogP contribution >= 0.6 is 22.7 Å². The van der Waals surface area contributed by atoms with Crippen LogP contribution in [0.3, 0.4) is 0 Å². The maximum absolute atomic E-state index is 12.2. The van der Waals surface area contributed by atoms with E-state index in [1.807, 2.05) is 30.3 Å². The van der Waals surface area contributed by atoms with Crippen molar-refractivity contribution in [3.63, 3.8) is 0 Å². The average Bonchev–Trinajstić information content (AvgIpc) is 3.61. The molecule has 228 valence electrons. The Bertz CT molecular complexity index is 1650. The zero-order valence-corrected chi connectivity index (χ0v) is 26.8. The van der Waals surface area contributed by atoms with Crippen LogP contribution in [-0.4, -0.2) is 54.9 Å². The second-order valence-corrected chi connectivity index (χ2v) is 11.1. The van der Waals surface area contributed by atoms with Crippen molar-refractivity contribution >= 4 is 78.5 Å². The van der Waals surface area contributed by atoms with Gasteiger partial charge < -0.3 is 24.8 Å². The van der Waals surface area contributed by atoms with E-state index in [2.05, 4.69) is 13.2 Å². The third kappa shape index (κ3) is 9.91. The number of rotatable bonds is 13. The molecule has 0 bridgehead atoms. The minimum atomic E-state index is -0.963. The first-order chi connectivity index (χ1) is 20.1. The van der Waals surface area contributed by atoms with Crippen LogP contribution in [0.2, 0.25) is 0 Å². The van der Waals surface area contributed by atoms with Crippen molar-refractivity contribution in [2.75, 3.05) is 20.8 Å². The number of esters is 1. The van der Waals surface area contributed by atoms with Crippen molar-refractivity contribution in [1.29, 1.82) is 0 Å². The third-order valence-corrected chi connectivity index (χ3v) is 8.43. The van der Waals surface area contributed by atoms with Gasteiger partial charge in [0, 0.05) is 33.4 Å². The number of Topliss-reactive ketones (excluding diaryl/α,β-unsaturated/α-hetero) is 2. The number of carboxylic acids is 1. The Morgan fingerprint density at radius 3 is 1.55 bits per heavy atom. The molecular formula is C32H33LiO9S2. The summed E-state index contributed by atoms with van der Waals surface area (Å²) in [5, 5.41) is 10.5. The maximum Gasteiger partial charge on any atom is 1.00 e. The Labute approximate surface area is 275 Å². The van der Waals surface area contributed by atoms with Gasteiger partial charge >= 0.3 is 30.8 Å². The number of carbonyl (C=O) groups is 4. The largest absolute Gasteiger partial charge is 1.00 e. The molecule has 0 fully saturated rings. The van der Waals surface area contributed by atoms with Crippen molar-refractivity contribution in [3.8, 4) is 11.5 Å². The molecule has 0 spiro atoms. The predicted octanol–water partition coefficient (Wildman–Crippen LogP) is 4.51. The number of ether oxygens (including phenoxy) is 3. The maximum atomic E-state index is 12.2.